The Kier molecular flexibility index (Phi) is 4.18. The number of fused-ring (bicyclic) bond motifs is 1. The first-order valence-corrected chi connectivity index (χ1v) is 9.04. The Bertz CT molecular complexity index is 977. The zero-order valence-corrected chi connectivity index (χ0v) is 15.4. The van der Waals surface area contributed by atoms with Crippen LogP contribution in [0.25, 0.3) is 11.0 Å². The van der Waals surface area contributed by atoms with Crippen molar-refractivity contribution >= 4 is 16.9 Å². The summed E-state index contributed by atoms with van der Waals surface area (Å²) in [6.07, 6.45) is 5.84. The maximum Gasteiger partial charge on any atom is 0.253 e. The molecule has 4 rings (SSSR count). The zero-order chi connectivity index (χ0) is 18.3. The van der Waals surface area contributed by atoms with Gasteiger partial charge in [0.2, 0.25) is 0 Å². The first-order chi connectivity index (χ1) is 12.5. The molecule has 1 aliphatic heterocycles. The lowest BCUT2D eigenvalue weighted by atomic mass is 9.96. The predicted molar refractivity (Wildman–Crippen MR) is 100 cm³/mol. The van der Waals surface area contributed by atoms with Crippen molar-refractivity contribution in [1.82, 2.24) is 24.4 Å². The standard InChI is InChI=1S/C20H23N5O/c1-13-14(2)23-18-11-15(6-7-17(18)22-13)20(26)25-9-4-5-16(12-25)19-21-8-10-24(19)3/h6-8,10-11,16H,4-5,9,12H2,1-3H3. The van der Waals surface area contributed by atoms with E-state index >= 15 is 0 Å². The van der Waals surface area contributed by atoms with E-state index in [1.54, 1.807) is 0 Å². The van der Waals surface area contributed by atoms with Crippen LogP contribution in [0, 0.1) is 13.8 Å². The number of nitrogens with zero attached hydrogens (tertiary/aromatic N) is 5. The number of hydrogen-bond acceptors (Lipinski definition) is 4. The van der Waals surface area contributed by atoms with Gasteiger partial charge in [-0.25, -0.2) is 15.0 Å². The summed E-state index contributed by atoms with van der Waals surface area (Å²) in [5.74, 6) is 1.40. The highest BCUT2D eigenvalue weighted by Gasteiger charge is 2.27. The summed E-state index contributed by atoms with van der Waals surface area (Å²) in [6, 6.07) is 5.61. The maximum atomic E-state index is 13.0. The number of hydrogen-bond donors (Lipinski definition) is 0. The van der Waals surface area contributed by atoms with Crippen LogP contribution in [0.5, 0.6) is 0 Å². The molecule has 1 aromatic carbocycles. The van der Waals surface area contributed by atoms with Crippen LogP contribution in [0.3, 0.4) is 0 Å². The number of piperidine rings is 1. The number of aryl methyl sites for hydroxylation is 3. The summed E-state index contributed by atoms with van der Waals surface area (Å²) >= 11 is 0. The molecule has 6 nitrogen and oxygen atoms in total. The van der Waals surface area contributed by atoms with E-state index < -0.39 is 0 Å². The first kappa shape index (κ1) is 16.7. The maximum absolute atomic E-state index is 13.0. The molecule has 0 saturated carbocycles. The van der Waals surface area contributed by atoms with Gasteiger partial charge in [-0.2, -0.15) is 0 Å². The van der Waals surface area contributed by atoms with Crippen LogP contribution in [-0.4, -0.2) is 43.4 Å². The minimum Gasteiger partial charge on any atom is -0.338 e. The van der Waals surface area contributed by atoms with Crippen LogP contribution in [0.15, 0.2) is 30.6 Å². The van der Waals surface area contributed by atoms with E-state index in [2.05, 4.69) is 19.5 Å². The molecular weight excluding hydrogens is 326 g/mol. The average molecular weight is 349 g/mol. The van der Waals surface area contributed by atoms with Gasteiger partial charge in [0, 0.05) is 44.0 Å². The van der Waals surface area contributed by atoms with Crippen LogP contribution in [0.2, 0.25) is 0 Å². The third-order valence-electron chi connectivity index (χ3n) is 5.25. The zero-order valence-electron chi connectivity index (χ0n) is 15.4. The van der Waals surface area contributed by atoms with E-state index in [1.165, 1.54) is 0 Å². The SMILES string of the molecule is Cc1nc2ccc(C(=O)N3CCCC(c4nccn4C)C3)cc2nc1C. The highest BCUT2D eigenvalue weighted by Crippen LogP contribution is 2.27. The average Bonchev–Trinajstić information content (AvgIpc) is 3.08. The highest BCUT2D eigenvalue weighted by atomic mass is 16.2. The Morgan fingerprint density at radius 1 is 1.15 bits per heavy atom. The summed E-state index contributed by atoms with van der Waals surface area (Å²) in [5, 5.41) is 0. The summed E-state index contributed by atoms with van der Waals surface area (Å²) < 4.78 is 2.05. The van der Waals surface area contributed by atoms with Gasteiger partial charge in [0.15, 0.2) is 0 Å². The molecule has 0 bridgehead atoms. The molecule has 1 atom stereocenters. The fourth-order valence-electron chi connectivity index (χ4n) is 3.69. The Balaban J connectivity index is 1.59. The summed E-state index contributed by atoms with van der Waals surface area (Å²) in [6.45, 7) is 5.39. The molecule has 1 aliphatic rings. The number of carbonyl (C=O) groups excluding carboxylic acids is 1. The molecule has 0 radical (unpaired) electrons. The molecule has 0 spiro atoms. The number of benzene rings is 1. The summed E-state index contributed by atoms with van der Waals surface area (Å²) in [4.78, 5) is 28.6. The number of imidazole rings is 1. The van der Waals surface area contributed by atoms with Gasteiger partial charge in [-0.1, -0.05) is 0 Å². The van der Waals surface area contributed by atoms with Gasteiger partial charge in [0.25, 0.3) is 5.91 Å². The number of carbonyl (C=O) groups is 1. The van der Waals surface area contributed by atoms with Crippen molar-refractivity contribution in [3.8, 4) is 0 Å². The lowest BCUT2D eigenvalue weighted by Gasteiger charge is -2.32. The van der Waals surface area contributed by atoms with Crippen LogP contribution in [0.4, 0.5) is 0 Å². The van der Waals surface area contributed by atoms with Gasteiger partial charge >= 0.3 is 0 Å². The van der Waals surface area contributed by atoms with Crippen molar-refractivity contribution in [3.05, 3.63) is 53.4 Å². The van der Waals surface area contributed by atoms with Gasteiger partial charge in [-0.15, -0.1) is 0 Å². The second-order valence-corrected chi connectivity index (χ2v) is 7.08. The highest BCUT2D eigenvalue weighted by molar-refractivity contribution is 5.97. The molecule has 134 valence electrons. The molecule has 1 amide bonds. The third-order valence-corrected chi connectivity index (χ3v) is 5.25. The quantitative estimate of drug-likeness (QED) is 0.713. The molecule has 1 unspecified atom stereocenters. The molecule has 2 aromatic heterocycles. The minimum atomic E-state index is 0.0610. The topological polar surface area (TPSA) is 63.9 Å². The Hall–Kier alpha value is -2.76. The molecule has 26 heavy (non-hydrogen) atoms. The molecule has 0 aliphatic carbocycles. The first-order valence-electron chi connectivity index (χ1n) is 9.04. The second-order valence-electron chi connectivity index (χ2n) is 7.08. The summed E-state index contributed by atoms with van der Waals surface area (Å²) in [5.41, 5.74) is 4.10. The third kappa shape index (κ3) is 2.96. The molecule has 0 N–H and O–H groups in total. The monoisotopic (exact) mass is 349 g/mol. The second kappa shape index (κ2) is 6.52. The normalized spacial score (nSPS) is 17.7. The van der Waals surface area contributed by atoms with E-state index in [4.69, 9.17) is 0 Å². The van der Waals surface area contributed by atoms with E-state index in [1.807, 2.05) is 56.4 Å². The van der Waals surface area contributed by atoms with E-state index in [-0.39, 0.29) is 11.8 Å². The molecule has 1 fully saturated rings. The van der Waals surface area contributed by atoms with E-state index in [9.17, 15) is 4.79 Å². The van der Waals surface area contributed by atoms with Crippen LogP contribution < -0.4 is 0 Å². The van der Waals surface area contributed by atoms with Crippen molar-refractivity contribution in [1.29, 1.82) is 0 Å². The fraction of sp³-hybridized carbons (Fsp3) is 0.400. The van der Waals surface area contributed by atoms with Crippen molar-refractivity contribution in [2.24, 2.45) is 7.05 Å². The van der Waals surface area contributed by atoms with Gasteiger partial charge in [-0.05, 0) is 44.9 Å². The number of amides is 1. The molecule has 3 aromatic rings. The molecule has 1 saturated heterocycles. The minimum absolute atomic E-state index is 0.0610. The van der Waals surface area contributed by atoms with Crippen LogP contribution in [-0.2, 0) is 7.05 Å². The van der Waals surface area contributed by atoms with Gasteiger partial charge in [0.1, 0.15) is 5.82 Å². The predicted octanol–water partition coefficient (Wildman–Crippen LogP) is 3.00. The van der Waals surface area contributed by atoms with Gasteiger partial charge < -0.3 is 9.47 Å². The van der Waals surface area contributed by atoms with E-state index in [0.29, 0.717) is 12.1 Å². The largest absolute Gasteiger partial charge is 0.338 e. The fourth-order valence-corrected chi connectivity index (χ4v) is 3.69. The smallest absolute Gasteiger partial charge is 0.253 e. The lowest BCUT2D eigenvalue weighted by molar-refractivity contribution is 0.0703. The van der Waals surface area contributed by atoms with Crippen molar-refractivity contribution < 1.29 is 4.79 Å². The Morgan fingerprint density at radius 3 is 2.65 bits per heavy atom. The molecule has 6 heteroatoms. The van der Waals surface area contributed by atoms with Crippen LogP contribution >= 0.6 is 0 Å². The lowest BCUT2D eigenvalue weighted by Crippen LogP contribution is -2.39. The molecular formula is C20H23N5O. The van der Waals surface area contributed by atoms with Gasteiger partial charge in [-0.3, -0.25) is 4.79 Å². The van der Waals surface area contributed by atoms with Crippen molar-refractivity contribution in [2.45, 2.75) is 32.6 Å². The number of likely N-dealkylation sites (tertiary alicyclic amines) is 1. The van der Waals surface area contributed by atoms with E-state index in [0.717, 1.165) is 47.6 Å². The Morgan fingerprint density at radius 2 is 1.92 bits per heavy atom. The number of rotatable bonds is 2. The van der Waals surface area contributed by atoms with Gasteiger partial charge in [0.05, 0.1) is 22.4 Å². The molecule has 3 heterocycles. The number of aromatic nitrogens is 4. The Labute approximate surface area is 152 Å². The van der Waals surface area contributed by atoms with Crippen LogP contribution in [0.1, 0.15) is 46.3 Å². The van der Waals surface area contributed by atoms with Crippen molar-refractivity contribution in [3.63, 3.8) is 0 Å². The van der Waals surface area contributed by atoms with Crippen molar-refractivity contribution in [2.75, 3.05) is 13.1 Å². The summed E-state index contributed by atoms with van der Waals surface area (Å²) in [7, 11) is 2.01.